The van der Waals surface area contributed by atoms with Crippen molar-refractivity contribution in [3.05, 3.63) is 64.6 Å². The van der Waals surface area contributed by atoms with Crippen LogP contribution in [0.5, 0.6) is 11.5 Å². The third kappa shape index (κ3) is 6.42. The summed E-state index contributed by atoms with van der Waals surface area (Å²) in [5.41, 5.74) is 2.68. The number of aromatic hydroxyl groups is 1. The van der Waals surface area contributed by atoms with Crippen molar-refractivity contribution < 1.29 is 19.4 Å². The molecule has 8 heteroatoms. The molecule has 0 atom stereocenters. The summed E-state index contributed by atoms with van der Waals surface area (Å²) in [5, 5.41) is 12.5. The molecule has 32 heavy (non-hydrogen) atoms. The van der Waals surface area contributed by atoms with Gasteiger partial charge >= 0.3 is 5.69 Å². The van der Waals surface area contributed by atoms with E-state index >= 15 is 0 Å². The Morgan fingerprint density at radius 2 is 1.97 bits per heavy atom. The molecule has 3 N–H and O–H groups in total. The van der Waals surface area contributed by atoms with Gasteiger partial charge in [0.15, 0.2) is 6.61 Å². The Kier molecular flexibility index (Phi) is 7.62. The van der Waals surface area contributed by atoms with E-state index in [-0.39, 0.29) is 24.4 Å². The molecule has 0 spiro atoms. The van der Waals surface area contributed by atoms with Crippen molar-refractivity contribution >= 4 is 5.91 Å². The number of phenols is 1. The molecule has 0 aliphatic rings. The van der Waals surface area contributed by atoms with Crippen molar-refractivity contribution in [2.24, 2.45) is 0 Å². The predicted octanol–water partition coefficient (Wildman–Crippen LogP) is 3.04. The van der Waals surface area contributed by atoms with Crippen LogP contribution in [0.4, 0.5) is 0 Å². The number of benzene rings is 2. The standard InChI is InChI=1S/C24H27N3O5/c1-15(2)31-10-9-25-23(29)14-32-19-6-4-5-17(12-19)20-13-21(27-24(30)26-20)18-7-8-22(28)16(3)11-18/h4-8,11-13,15,28H,9-10,14H2,1-3H3,(H,25,29)(H,26,27,30). The highest BCUT2D eigenvalue weighted by Gasteiger charge is 2.09. The van der Waals surface area contributed by atoms with Crippen molar-refractivity contribution in [3.8, 4) is 34.0 Å². The first-order valence-electron chi connectivity index (χ1n) is 10.3. The highest BCUT2D eigenvalue weighted by molar-refractivity contribution is 5.77. The normalized spacial score (nSPS) is 10.9. The molecule has 0 aliphatic heterocycles. The Morgan fingerprint density at radius 1 is 1.16 bits per heavy atom. The number of aromatic amines is 1. The van der Waals surface area contributed by atoms with Gasteiger partial charge in [-0.05, 0) is 62.7 Å². The number of aromatic nitrogens is 2. The second-order valence-corrected chi connectivity index (χ2v) is 7.57. The molecule has 0 saturated carbocycles. The summed E-state index contributed by atoms with van der Waals surface area (Å²) in [6.45, 7) is 6.37. The Balaban J connectivity index is 1.71. The number of rotatable bonds is 9. The van der Waals surface area contributed by atoms with Crippen molar-refractivity contribution in [1.82, 2.24) is 15.3 Å². The van der Waals surface area contributed by atoms with Crippen LogP contribution < -0.4 is 15.7 Å². The first-order chi connectivity index (χ1) is 15.3. The molecule has 0 fully saturated rings. The maximum absolute atomic E-state index is 12.2. The number of hydrogen-bond acceptors (Lipinski definition) is 6. The second kappa shape index (κ2) is 10.6. The van der Waals surface area contributed by atoms with Crippen LogP contribution in [0.25, 0.3) is 22.5 Å². The van der Waals surface area contributed by atoms with E-state index in [0.29, 0.717) is 41.4 Å². The molecule has 3 aromatic rings. The Morgan fingerprint density at radius 3 is 2.72 bits per heavy atom. The molecule has 0 bridgehead atoms. The van der Waals surface area contributed by atoms with Gasteiger partial charge in [-0.15, -0.1) is 0 Å². The average molecular weight is 437 g/mol. The molecule has 168 valence electrons. The van der Waals surface area contributed by atoms with Gasteiger partial charge in [-0.1, -0.05) is 12.1 Å². The zero-order valence-corrected chi connectivity index (χ0v) is 18.3. The van der Waals surface area contributed by atoms with Crippen LogP contribution in [-0.2, 0) is 9.53 Å². The number of hydrogen-bond donors (Lipinski definition) is 3. The molecular formula is C24H27N3O5. The lowest BCUT2D eigenvalue weighted by atomic mass is 10.1. The minimum atomic E-state index is -0.488. The van der Waals surface area contributed by atoms with Gasteiger partial charge in [0, 0.05) is 17.7 Å². The fourth-order valence-electron chi connectivity index (χ4n) is 3.01. The number of aryl methyl sites for hydroxylation is 1. The molecular weight excluding hydrogens is 410 g/mol. The molecule has 0 saturated heterocycles. The van der Waals surface area contributed by atoms with E-state index in [0.717, 1.165) is 5.56 Å². The van der Waals surface area contributed by atoms with Crippen LogP contribution in [-0.4, -0.2) is 46.8 Å². The van der Waals surface area contributed by atoms with E-state index in [4.69, 9.17) is 9.47 Å². The lowest BCUT2D eigenvalue weighted by molar-refractivity contribution is -0.123. The van der Waals surface area contributed by atoms with Gasteiger partial charge in [0.1, 0.15) is 11.5 Å². The van der Waals surface area contributed by atoms with E-state index in [1.54, 1.807) is 49.4 Å². The summed E-state index contributed by atoms with van der Waals surface area (Å²) in [6, 6.07) is 13.9. The average Bonchev–Trinajstić information content (AvgIpc) is 2.77. The molecule has 3 rings (SSSR count). The van der Waals surface area contributed by atoms with E-state index < -0.39 is 5.69 Å². The van der Waals surface area contributed by atoms with Gasteiger partial charge in [0.05, 0.1) is 24.1 Å². The smallest absolute Gasteiger partial charge is 0.345 e. The van der Waals surface area contributed by atoms with Crippen LogP contribution in [0, 0.1) is 6.92 Å². The Hall–Kier alpha value is -3.65. The zero-order chi connectivity index (χ0) is 23.1. The molecule has 0 unspecified atom stereocenters. The zero-order valence-electron chi connectivity index (χ0n) is 18.3. The summed E-state index contributed by atoms with van der Waals surface area (Å²) < 4.78 is 11.0. The highest BCUT2D eigenvalue weighted by atomic mass is 16.5. The van der Waals surface area contributed by atoms with Crippen molar-refractivity contribution in [2.45, 2.75) is 26.9 Å². The van der Waals surface area contributed by atoms with Crippen LogP contribution in [0.1, 0.15) is 19.4 Å². The quantitative estimate of drug-likeness (QED) is 0.444. The third-order valence-corrected chi connectivity index (χ3v) is 4.63. The summed E-state index contributed by atoms with van der Waals surface area (Å²) in [4.78, 5) is 30.9. The maximum Gasteiger partial charge on any atom is 0.345 e. The van der Waals surface area contributed by atoms with E-state index in [9.17, 15) is 14.7 Å². The number of nitrogens with zero attached hydrogens (tertiary/aromatic N) is 1. The molecule has 1 heterocycles. The summed E-state index contributed by atoms with van der Waals surface area (Å²) in [7, 11) is 0. The molecule has 1 amide bonds. The number of ether oxygens (including phenoxy) is 2. The lowest BCUT2D eigenvalue weighted by Gasteiger charge is -2.11. The SMILES string of the molecule is Cc1cc(-c2cc(-c3cccc(OCC(=O)NCCOC(C)C)c3)[nH]c(=O)n2)ccc1O. The van der Waals surface area contributed by atoms with E-state index in [1.807, 2.05) is 19.9 Å². The highest BCUT2D eigenvalue weighted by Crippen LogP contribution is 2.27. The number of carbonyl (C=O) groups excluding carboxylic acids is 1. The van der Waals surface area contributed by atoms with Gasteiger partial charge in [-0.2, -0.15) is 4.98 Å². The van der Waals surface area contributed by atoms with Crippen molar-refractivity contribution in [1.29, 1.82) is 0 Å². The van der Waals surface area contributed by atoms with Gasteiger partial charge in [-0.3, -0.25) is 4.79 Å². The fourth-order valence-corrected chi connectivity index (χ4v) is 3.01. The molecule has 1 aromatic heterocycles. The summed E-state index contributed by atoms with van der Waals surface area (Å²) >= 11 is 0. The van der Waals surface area contributed by atoms with Crippen molar-refractivity contribution in [2.75, 3.05) is 19.8 Å². The third-order valence-electron chi connectivity index (χ3n) is 4.63. The van der Waals surface area contributed by atoms with E-state index in [1.165, 1.54) is 0 Å². The minimum Gasteiger partial charge on any atom is -0.508 e. The van der Waals surface area contributed by atoms with Gasteiger partial charge in [-0.25, -0.2) is 4.79 Å². The van der Waals surface area contributed by atoms with Crippen LogP contribution in [0.15, 0.2) is 53.3 Å². The molecule has 0 radical (unpaired) electrons. The molecule has 0 aliphatic carbocycles. The number of carbonyl (C=O) groups is 1. The maximum atomic E-state index is 12.2. The van der Waals surface area contributed by atoms with Gasteiger partial charge in [0.2, 0.25) is 0 Å². The first-order valence-corrected chi connectivity index (χ1v) is 10.3. The number of phenolic OH excluding ortho intramolecular Hbond substituents is 1. The fraction of sp³-hybridized carbons (Fsp3) is 0.292. The number of amides is 1. The van der Waals surface area contributed by atoms with Crippen LogP contribution >= 0.6 is 0 Å². The van der Waals surface area contributed by atoms with Crippen LogP contribution in [0.2, 0.25) is 0 Å². The van der Waals surface area contributed by atoms with Crippen LogP contribution in [0.3, 0.4) is 0 Å². The largest absolute Gasteiger partial charge is 0.508 e. The Bertz CT molecular complexity index is 1140. The topological polar surface area (TPSA) is 114 Å². The molecule has 8 nitrogen and oxygen atoms in total. The minimum absolute atomic E-state index is 0.115. The van der Waals surface area contributed by atoms with E-state index in [2.05, 4.69) is 15.3 Å². The lowest BCUT2D eigenvalue weighted by Crippen LogP contribution is -2.32. The summed E-state index contributed by atoms with van der Waals surface area (Å²) in [6.07, 6.45) is 0.115. The predicted molar refractivity (Wildman–Crippen MR) is 122 cm³/mol. The number of nitrogens with one attached hydrogen (secondary N) is 2. The summed E-state index contributed by atoms with van der Waals surface area (Å²) in [5.74, 6) is 0.431. The Labute approximate surface area is 186 Å². The van der Waals surface area contributed by atoms with Gasteiger partial charge in [0.25, 0.3) is 5.91 Å². The monoisotopic (exact) mass is 437 g/mol. The second-order valence-electron chi connectivity index (χ2n) is 7.57. The molecule has 2 aromatic carbocycles. The first kappa shape index (κ1) is 23.0. The number of H-pyrrole nitrogens is 1. The van der Waals surface area contributed by atoms with Crippen molar-refractivity contribution in [3.63, 3.8) is 0 Å². The van der Waals surface area contributed by atoms with Gasteiger partial charge < -0.3 is 24.9 Å².